The summed E-state index contributed by atoms with van der Waals surface area (Å²) in [5, 5.41) is 2.63. The largest absolute Gasteiger partial charge is 0.324 e. The van der Waals surface area contributed by atoms with Gasteiger partial charge < -0.3 is 5.32 Å². The molecule has 138 valence electrons. The van der Waals surface area contributed by atoms with Crippen molar-refractivity contribution in [3.05, 3.63) is 53.6 Å². The molecule has 1 aromatic carbocycles. The Hall–Kier alpha value is -2.03. The highest BCUT2D eigenvalue weighted by Gasteiger charge is 2.33. The molecule has 3 rings (SSSR count). The molecule has 0 spiro atoms. The standard InChI is InChI=1S/C17H17ClFN3O3S/c18-15-10-13(19)3-4-16(15)26(24,25)22-8-5-12(6-9-22)17(23)21-14-2-1-7-20-11-14/h1-4,7,10-12H,5-6,8-9H2,(H,21,23). The summed E-state index contributed by atoms with van der Waals surface area (Å²) in [7, 11) is -3.82. The van der Waals surface area contributed by atoms with Gasteiger partial charge in [-0.3, -0.25) is 9.78 Å². The van der Waals surface area contributed by atoms with E-state index >= 15 is 0 Å². The maximum atomic E-state index is 13.2. The van der Waals surface area contributed by atoms with Crippen LogP contribution < -0.4 is 5.32 Å². The van der Waals surface area contributed by atoms with Gasteiger partial charge in [-0.15, -0.1) is 0 Å². The molecule has 1 saturated heterocycles. The number of benzene rings is 1. The number of sulfonamides is 1. The van der Waals surface area contributed by atoms with Crippen LogP contribution in [0.3, 0.4) is 0 Å². The van der Waals surface area contributed by atoms with E-state index in [0.29, 0.717) is 18.5 Å². The Kier molecular flexibility index (Phi) is 5.55. The molecule has 0 aliphatic carbocycles. The van der Waals surface area contributed by atoms with E-state index in [-0.39, 0.29) is 34.8 Å². The summed E-state index contributed by atoms with van der Waals surface area (Å²) in [6.07, 6.45) is 3.95. The first-order valence-corrected chi connectivity index (χ1v) is 9.86. The Balaban J connectivity index is 1.65. The number of hydrogen-bond acceptors (Lipinski definition) is 4. The molecule has 1 amide bonds. The van der Waals surface area contributed by atoms with Gasteiger partial charge in [-0.2, -0.15) is 4.31 Å². The van der Waals surface area contributed by atoms with Gasteiger partial charge in [0.2, 0.25) is 15.9 Å². The number of amides is 1. The van der Waals surface area contributed by atoms with Crippen molar-refractivity contribution in [3.63, 3.8) is 0 Å². The molecule has 0 saturated carbocycles. The molecule has 26 heavy (non-hydrogen) atoms. The average Bonchev–Trinajstić information content (AvgIpc) is 2.62. The summed E-state index contributed by atoms with van der Waals surface area (Å²) >= 11 is 5.89. The number of piperidine rings is 1. The predicted molar refractivity (Wildman–Crippen MR) is 95.8 cm³/mol. The second-order valence-corrected chi connectivity index (χ2v) is 8.30. The molecule has 1 N–H and O–H groups in total. The molecule has 0 radical (unpaired) electrons. The molecule has 2 aromatic rings. The van der Waals surface area contributed by atoms with E-state index in [1.807, 2.05) is 0 Å². The molecular formula is C17H17ClFN3O3S. The topological polar surface area (TPSA) is 79.4 Å². The molecule has 1 fully saturated rings. The van der Waals surface area contributed by atoms with Gasteiger partial charge in [0, 0.05) is 25.2 Å². The molecule has 6 nitrogen and oxygen atoms in total. The summed E-state index contributed by atoms with van der Waals surface area (Å²) < 4.78 is 39.8. The Morgan fingerprint density at radius 3 is 2.62 bits per heavy atom. The summed E-state index contributed by atoms with van der Waals surface area (Å²) in [4.78, 5) is 16.1. The van der Waals surface area contributed by atoms with Gasteiger partial charge >= 0.3 is 0 Å². The van der Waals surface area contributed by atoms with Crippen molar-refractivity contribution in [1.29, 1.82) is 0 Å². The SMILES string of the molecule is O=C(Nc1cccnc1)C1CCN(S(=O)(=O)c2ccc(F)cc2Cl)CC1. The summed E-state index contributed by atoms with van der Waals surface area (Å²) in [6, 6.07) is 6.65. The minimum atomic E-state index is -3.82. The van der Waals surface area contributed by atoms with Gasteiger partial charge in [-0.05, 0) is 43.2 Å². The molecule has 0 bridgehead atoms. The lowest BCUT2D eigenvalue weighted by Crippen LogP contribution is -2.41. The second-order valence-electron chi connectivity index (χ2n) is 5.98. The first-order valence-electron chi connectivity index (χ1n) is 8.04. The van der Waals surface area contributed by atoms with Crippen LogP contribution in [0.5, 0.6) is 0 Å². The highest BCUT2D eigenvalue weighted by atomic mass is 35.5. The van der Waals surface area contributed by atoms with E-state index in [1.165, 1.54) is 4.31 Å². The van der Waals surface area contributed by atoms with Crippen LogP contribution in [0.25, 0.3) is 0 Å². The number of pyridine rings is 1. The molecule has 0 atom stereocenters. The number of carbonyl (C=O) groups excluding carboxylic acids is 1. The van der Waals surface area contributed by atoms with E-state index < -0.39 is 15.8 Å². The van der Waals surface area contributed by atoms with Crippen LogP contribution in [-0.4, -0.2) is 36.7 Å². The maximum absolute atomic E-state index is 13.2. The third kappa shape index (κ3) is 4.03. The number of anilines is 1. The van der Waals surface area contributed by atoms with E-state index in [9.17, 15) is 17.6 Å². The van der Waals surface area contributed by atoms with Crippen molar-refractivity contribution < 1.29 is 17.6 Å². The Morgan fingerprint density at radius 2 is 2.00 bits per heavy atom. The Labute approximate surface area is 156 Å². The normalized spacial score (nSPS) is 16.4. The van der Waals surface area contributed by atoms with Gasteiger partial charge in [-0.1, -0.05) is 11.6 Å². The van der Waals surface area contributed by atoms with Crippen LogP contribution in [0.1, 0.15) is 12.8 Å². The van der Waals surface area contributed by atoms with Gasteiger partial charge in [0.25, 0.3) is 0 Å². The summed E-state index contributed by atoms with van der Waals surface area (Å²) in [5.74, 6) is -1.04. The summed E-state index contributed by atoms with van der Waals surface area (Å²) in [6.45, 7) is 0.391. The fourth-order valence-corrected chi connectivity index (χ4v) is 4.84. The fraction of sp³-hybridized carbons (Fsp3) is 0.294. The van der Waals surface area contributed by atoms with E-state index in [0.717, 1.165) is 18.2 Å². The molecule has 9 heteroatoms. The summed E-state index contributed by atoms with van der Waals surface area (Å²) in [5.41, 5.74) is 0.602. The van der Waals surface area contributed by atoms with Crippen LogP contribution in [0.2, 0.25) is 5.02 Å². The molecule has 1 aromatic heterocycles. The van der Waals surface area contributed by atoms with Crippen LogP contribution in [0.4, 0.5) is 10.1 Å². The average molecular weight is 398 g/mol. The number of hydrogen-bond donors (Lipinski definition) is 1. The quantitative estimate of drug-likeness (QED) is 0.860. The zero-order valence-electron chi connectivity index (χ0n) is 13.7. The van der Waals surface area contributed by atoms with Crippen molar-refractivity contribution in [1.82, 2.24) is 9.29 Å². The van der Waals surface area contributed by atoms with Crippen molar-refractivity contribution >= 4 is 33.2 Å². The third-order valence-corrected chi connectivity index (χ3v) is 6.65. The number of rotatable bonds is 4. The van der Waals surface area contributed by atoms with E-state index in [1.54, 1.807) is 24.5 Å². The highest BCUT2D eigenvalue weighted by molar-refractivity contribution is 7.89. The lowest BCUT2D eigenvalue weighted by molar-refractivity contribution is -0.120. The van der Waals surface area contributed by atoms with Crippen molar-refractivity contribution in [3.8, 4) is 0 Å². The number of halogens is 2. The van der Waals surface area contributed by atoms with Crippen molar-refractivity contribution in [2.24, 2.45) is 5.92 Å². The molecule has 0 unspecified atom stereocenters. The van der Waals surface area contributed by atoms with E-state index in [4.69, 9.17) is 11.6 Å². The lowest BCUT2D eigenvalue weighted by atomic mass is 9.97. The number of aromatic nitrogens is 1. The van der Waals surface area contributed by atoms with Crippen molar-refractivity contribution in [2.45, 2.75) is 17.7 Å². The van der Waals surface area contributed by atoms with Crippen LogP contribution >= 0.6 is 11.6 Å². The van der Waals surface area contributed by atoms with Crippen LogP contribution in [0.15, 0.2) is 47.6 Å². The van der Waals surface area contributed by atoms with Crippen molar-refractivity contribution in [2.75, 3.05) is 18.4 Å². The van der Waals surface area contributed by atoms with Crippen LogP contribution in [-0.2, 0) is 14.8 Å². The van der Waals surface area contributed by atoms with Crippen LogP contribution in [0, 0.1) is 11.7 Å². The highest BCUT2D eigenvalue weighted by Crippen LogP contribution is 2.29. The van der Waals surface area contributed by atoms with Gasteiger partial charge in [0.1, 0.15) is 10.7 Å². The smallest absolute Gasteiger partial charge is 0.244 e. The lowest BCUT2D eigenvalue weighted by Gasteiger charge is -2.30. The monoisotopic (exact) mass is 397 g/mol. The number of nitrogens with one attached hydrogen (secondary N) is 1. The number of nitrogens with zero attached hydrogens (tertiary/aromatic N) is 2. The van der Waals surface area contributed by atoms with Gasteiger partial charge in [-0.25, -0.2) is 12.8 Å². The fourth-order valence-electron chi connectivity index (χ4n) is 2.86. The minimum absolute atomic E-state index is 0.126. The van der Waals surface area contributed by atoms with E-state index in [2.05, 4.69) is 10.3 Å². The first kappa shape index (κ1) is 18.8. The van der Waals surface area contributed by atoms with Gasteiger partial charge in [0.05, 0.1) is 16.9 Å². The predicted octanol–water partition coefficient (Wildman–Crippen LogP) is 2.91. The molecular weight excluding hydrogens is 381 g/mol. The maximum Gasteiger partial charge on any atom is 0.244 e. The van der Waals surface area contributed by atoms with Gasteiger partial charge in [0.15, 0.2) is 0 Å². The minimum Gasteiger partial charge on any atom is -0.324 e. The zero-order valence-corrected chi connectivity index (χ0v) is 15.3. The molecule has 1 aliphatic rings. The second kappa shape index (κ2) is 7.69. The first-order chi connectivity index (χ1) is 12.4. The molecule has 1 aliphatic heterocycles. The zero-order chi connectivity index (χ0) is 18.7. The number of carbonyl (C=O) groups is 1. The molecule has 2 heterocycles. The third-order valence-electron chi connectivity index (χ3n) is 4.27. The Bertz CT molecular complexity index is 901. The Morgan fingerprint density at radius 1 is 1.27 bits per heavy atom.